The lowest BCUT2D eigenvalue weighted by molar-refractivity contribution is 0.101. The summed E-state index contributed by atoms with van der Waals surface area (Å²) in [5.41, 5.74) is 4.89. The Morgan fingerprint density at radius 2 is 1.50 bits per heavy atom. The summed E-state index contributed by atoms with van der Waals surface area (Å²) in [4.78, 5) is 19.6. The summed E-state index contributed by atoms with van der Waals surface area (Å²) in [6.45, 7) is 3.79. The number of aliphatic imine (C=N–C) groups is 1. The number of rotatable bonds is 2. The van der Waals surface area contributed by atoms with Gasteiger partial charge in [0.2, 0.25) is 0 Å². The predicted molar refractivity (Wildman–Crippen MR) is 104 cm³/mol. The van der Waals surface area contributed by atoms with Crippen molar-refractivity contribution in [3.63, 3.8) is 0 Å². The van der Waals surface area contributed by atoms with Gasteiger partial charge in [0.05, 0.1) is 22.5 Å². The van der Waals surface area contributed by atoms with Crippen LogP contribution in [0, 0.1) is 13.8 Å². The number of halogens is 2. The molecule has 6 heteroatoms. The number of nitrogens with one attached hydrogen (secondary N) is 1. The predicted octanol–water partition coefficient (Wildman–Crippen LogP) is 5.30. The summed E-state index contributed by atoms with van der Waals surface area (Å²) in [5, 5.41) is 11.6. The van der Waals surface area contributed by atoms with E-state index in [1.165, 1.54) is 0 Å². The minimum absolute atomic E-state index is 0.104. The standard InChI is InChI=1S/C20H14Cl2N2O2/c1-9-3-5-11(7-13(9)21)17-15-16(20(26)23-17)18(24-19(15)25)12-6-4-10(2)14(22)8-12/h3-8,23,26H,1-2H3. The zero-order valence-corrected chi connectivity index (χ0v) is 15.5. The first kappa shape index (κ1) is 16.9. The molecule has 0 fully saturated rings. The molecule has 130 valence electrons. The van der Waals surface area contributed by atoms with Crippen LogP contribution >= 0.6 is 23.2 Å². The van der Waals surface area contributed by atoms with E-state index >= 15 is 0 Å². The third kappa shape index (κ3) is 2.54. The molecule has 0 spiro atoms. The maximum atomic E-state index is 12.6. The molecule has 1 aromatic heterocycles. The average Bonchev–Trinajstić information content (AvgIpc) is 3.12. The Kier molecular flexibility index (Phi) is 3.90. The Morgan fingerprint density at radius 1 is 0.923 bits per heavy atom. The van der Waals surface area contributed by atoms with Crippen LogP contribution in [0.25, 0.3) is 11.3 Å². The lowest BCUT2D eigenvalue weighted by atomic mass is 9.99. The SMILES string of the molecule is Cc1ccc(C2=NC(=O)c3c(-c4ccc(C)c(Cl)c4)[nH]c(O)c32)cc1Cl. The van der Waals surface area contributed by atoms with Gasteiger partial charge in [0.25, 0.3) is 5.91 Å². The molecule has 1 amide bonds. The fourth-order valence-electron chi connectivity index (χ4n) is 3.06. The van der Waals surface area contributed by atoms with Crippen LogP contribution in [0.1, 0.15) is 32.6 Å². The van der Waals surface area contributed by atoms with Crippen molar-refractivity contribution in [3.8, 4) is 17.1 Å². The van der Waals surface area contributed by atoms with Crippen LogP contribution < -0.4 is 0 Å². The van der Waals surface area contributed by atoms with Crippen LogP contribution in [0.3, 0.4) is 0 Å². The number of aromatic amines is 1. The fraction of sp³-hybridized carbons (Fsp3) is 0.100. The van der Waals surface area contributed by atoms with Gasteiger partial charge in [-0.25, -0.2) is 4.99 Å². The van der Waals surface area contributed by atoms with Gasteiger partial charge in [-0.2, -0.15) is 0 Å². The second-order valence-corrected chi connectivity index (χ2v) is 7.11. The van der Waals surface area contributed by atoms with Gasteiger partial charge in [-0.3, -0.25) is 4.79 Å². The number of H-pyrrole nitrogens is 1. The van der Waals surface area contributed by atoms with Crippen LogP contribution in [0.2, 0.25) is 10.0 Å². The number of carbonyl (C=O) groups is 1. The van der Waals surface area contributed by atoms with Crippen LogP contribution in [0.5, 0.6) is 5.88 Å². The van der Waals surface area contributed by atoms with Gasteiger partial charge in [-0.1, -0.05) is 47.5 Å². The Hall–Kier alpha value is -2.56. The molecule has 2 aromatic carbocycles. The topological polar surface area (TPSA) is 65.5 Å². The largest absolute Gasteiger partial charge is 0.494 e. The smallest absolute Gasteiger partial charge is 0.280 e. The molecule has 0 aliphatic carbocycles. The van der Waals surface area contributed by atoms with Gasteiger partial charge in [-0.05, 0) is 37.1 Å². The summed E-state index contributed by atoms with van der Waals surface area (Å²) >= 11 is 12.4. The zero-order chi connectivity index (χ0) is 18.6. The number of aromatic nitrogens is 1. The molecule has 0 bridgehead atoms. The van der Waals surface area contributed by atoms with Crippen LogP contribution in [0.15, 0.2) is 41.4 Å². The Morgan fingerprint density at radius 3 is 2.12 bits per heavy atom. The lowest BCUT2D eigenvalue weighted by Crippen LogP contribution is -2.00. The molecule has 4 nitrogen and oxygen atoms in total. The molecule has 0 atom stereocenters. The molecule has 2 N–H and O–H groups in total. The number of benzene rings is 2. The second-order valence-electron chi connectivity index (χ2n) is 6.29. The number of aryl methyl sites for hydroxylation is 2. The molecular weight excluding hydrogens is 371 g/mol. The first-order valence-corrected chi connectivity index (χ1v) is 8.73. The Balaban J connectivity index is 1.88. The third-order valence-corrected chi connectivity index (χ3v) is 5.36. The minimum atomic E-state index is -0.407. The number of carbonyl (C=O) groups excluding carboxylic acids is 1. The van der Waals surface area contributed by atoms with Crippen molar-refractivity contribution in [1.82, 2.24) is 4.98 Å². The molecule has 1 aliphatic rings. The van der Waals surface area contributed by atoms with Crippen LogP contribution in [0.4, 0.5) is 0 Å². The van der Waals surface area contributed by atoms with Gasteiger partial charge >= 0.3 is 0 Å². The minimum Gasteiger partial charge on any atom is -0.494 e. The maximum Gasteiger partial charge on any atom is 0.280 e. The summed E-state index contributed by atoms with van der Waals surface area (Å²) in [6, 6.07) is 10.9. The van der Waals surface area contributed by atoms with E-state index in [-0.39, 0.29) is 5.88 Å². The maximum absolute atomic E-state index is 12.6. The van der Waals surface area contributed by atoms with Gasteiger partial charge < -0.3 is 10.1 Å². The van der Waals surface area contributed by atoms with E-state index in [1.54, 1.807) is 12.1 Å². The monoisotopic (exact) mass is 384 g/mol. The molecular formula is C20H14Cl2N2O2. The molecule has 0 saturated carbocycles. The van der Waals surface area contributed by atoms with E-state index < -0.39 is 5.91 Å². The highest BCUT2D eigenvalue weighted by Gasteiger charge is 2.33. The van der Waals surface area contributed by atoms with Gasteiger partial charge in [0, 0.05) is 21.2 Å². The number of nitrogens with zero attached hydrogens (tertiary/aromatic N) is 1. The normalized spacial score (nSPS) is 13.1. The highest BCUT2D eigenvalue weighted by atomic mass is 35.5. The van der Waals surface area contributed by atoms with E-state index in [2.05, 4.69) is 9.98 Å². The lowest BCUT2D eigenvalue weighted by Gasteiger charge is -2.04. The second kappa shape index (κ2) is 6.01. The molecule has 0 unspecified atom stereocenters. The van der Waals surface area contributed by atoms with E-state index in [0.717, 1.165) is 11.1 Å². The third-order valence-electron chi connectivity index (χ3n) is 4.55. The van der Waals surface area contributed by atoms with Crippen LogP contribution in [-0.4, -0.2) is 21.7 Å². The van der Waals surface area contributed by atoms with E-state index in [0.29, 0.717) is 43.7 Å². The molecule has 1 aliphatic heterocycles. The van der Waals surface area contributed by atoms with Crippen molar-refractivity contribution in [2.75, 3.05) is 0 Å². The molecule has 2 heterocycles. The average molecular weight is 385 g/mol. The van der Waals surface area contributed by atoms with Gasteiger partial charge in [0.1, 0.15) is 0 Å². The highest BCUT2D eigenvalue weighted by Crippen LogP contribution is 2.39. The number of hydrogen-bond donors (Lipinski definition) is 2. The molecule has 4 rings (SSSR count). The summed E-state index contributed by atoms with van der Waals surface area (Å²) < 4.78 is 0. The summed E-state index contributed by atoms with van der Waals surface area (Å²) in [5.74, 6) is -0.511. The summed E-state index contributed by atoms with van der Waals surface area (Å²) in [6.07, 6.45) is 0. The van der Waals surface area contributed by atoms with Crippen molar-refractivity contribution >= 4 is 34.8 Å². The van der Waals surface area contributed by atoms with E-state index in [9.17, 15) is 9.90 Å². The number of hydrogen-bond acceptors (Lipinski definition) is 2. The van der Waals surface area contributed by atoms with Gasteiger partial charge in [-0.15, -0.1) is 0 Å². The quantitative estimate of drug-likeness (QED) is 0.629. The molecule has 26 heavy (non-hydrogen) atoms. The number of amides is 1. The first-order valence-electron chi connectivity index (χ1n) is 7.98. The summed E-state index contributed by atoms with van der Waals surface area (Å²) in [7, 11) is 0. The van der Waals surface area contributed by atoms with Crippen molar-refractivity contribution in [1.29, 1.82) is 0 Å². The molecule has 3 aromatic rings. The zero-order valence-electron chi connectivity index (χ0n) is 14.0. The fourth-order valence-corrected chi connectivity index (χ4v) is 3.42. The molecule has 0 saturated heterocycles. The first-order chi connectivity index (χ1) is 12.4. The molecule has 0 radical (unpaired) electrons. The highest BCUT2D eigenvalue weighted by molar-refractivity contribution is 6.34. The van der Waals surface area contributed by atoms with E-state index in [4.69, 9.17) is 23.2 Å². The Bertz CT molecular complexity index is 1110. The van der Waals surface area contributed by atoms with Crippen molar-refractivity contribution < 1.29 is 9.90 Å². The van der Waals surface area contributed by atoms with Crippen molar-refractivity contribution in [3.05, 3.63) is 74.3 Å². The van der Waals surface area contributed by atoms with Gasteiger partial charge in [0.15, 0.2) is 5.88 Å². The van der Waals surface area contributed by atoms with Crippen LogP contribution in [-0.2, 0) is 0 Å². The number of aromatic hydroxyl groups is 1. The van der Waals surface area contributed by atoms with E-state index in [1.807, 2.05) is 38.1 Å². The van der Waals surface area contributed by atoms with Crippen molar-refractivity contribution in [2.24, 2.45) is 4.99 Å². The van der Waals surface area contributed by atoms with Crippen molar-refractivity contribution in [2.45, 2.75) is 13.8 Å². The number of fused-ring (bicyclic) bond motifs is 1. The Labute approximate surface area is 160 Å².